The highest BCUT2D eigenvalue weighted by molar-refractivity contribution is 6.22. The molecule has 0 aliphatic rings. The molecule has 5 aromatic rings. The van der Waals surface area contributed by atoms with Gasteiger partial charge in [0, 0.05) is 22.4 Å². The summed E-state index contributed by atoms with van der Waals surface area (Å²) in [5.74, 6) is 0. The minimum absolute atomic E-state index is 0.912. The molecule has 0 saturated heterocycles. The summed E-state index contributed by atoms with van der Waals surface area (Å²) < 4.78 is 0. The van der Waals surface area contributed by atoms with Gasteiger partial charge < -0.3 is 0 Å². The van der Waals surface area contributed by atoms with Crippen molar-refractivity contribution < 1.29 is 0 Å². The van der Waals surface area contributed by atoms with Crippen LogP contribution in [0.3, 0.4) is 0 Å². The molecule has 3 heteroatoms. The van der Waals surface area contributed by atoms with Crippen molar-refractivity contribution in [2.24, 2.45) is 0 Å². The van der Waals surface area contributed by atoms with Gasteiger partial charge in [-0.2, -0.15) is 0 Å². The van der Waals surface area contributed by atoms with Crippen LogP contribution in [-0.2, 0) is 0 Å². The zero-order valence-electron chi connectivity index (χ0n) is 11.7. The third kappa shape index (κ3) is 1.48. The molecule has 0 aliphatic heterocycles. The zero-order chi connectivity index (χ0) is 14.5. The number of hydrogen-bond acceptors (Lipinski definition) is 3. The van der Waals surface area contributed by atoms with E-state index in [2.05, 4.69) is 23.2 Å². The van der Waals surface area contributed by atoms with Crippen LogP contribution in [0.15, 0.2) is 66.9 Å². The quantitative estimate of drug-likeness (QED) is 0.310. The maximum Gasteiger partial charge on any atom is 0.0995 e. The standard InChI is InChI=1S/C19H11N3/c1-2-7-13-12(6-1)17-14(8-5-11-20-17)19-18(13)21-15-9-3-4-10-16(15)22-19/h1-11H. The highest BCUT2D eigenvalue weighted by atomic mass is 14.8. The van der Waals surface area contributed by atoms with Gasteiger partial charge in [-0.1, -0.05) is 36.4 Å². The second kappa shape index (κ2) is 4.21. The first-order chi connectivity index (χ1) is 10.9. The summed E-state index contributed by atoms with van der Waals surface area (Å²) in [6.45, 7) is 0. The van der Waals surface area contributed by atoms with Gasteiger partial charge >= 0.3 is 0 Å². The van der Waals surface area contributed by atoms with Gasteiger partial charge in [0.2, 0.25) is 0 Å². The number of hydrogen-bond donors (Lipinski definition) is 0. The first-order valence-electron chi connectivity index (χ1n) is 7.24. The van der Waals surface area contributed by atoms with E-state index in [0.717, 1.165) is 43.7 Å². The fourth-order valence-electron chi connectivity index (χ4n) is 3.08. The molecule has 0 radical (unpaired) electrons. The van der Waals surface area contributed by atoms with Gasteiger partial charge in [-0.3, -0.25) is 4.98 Å². The summed E-state index contributed by atoms with van der Waals surface area (Å²) in [4.78, 5) is 14.3. The molecule has 0 aliphatic carbocycles. The molecule has 2 heterocycles. The second-order valence-electron chi connectivity index (χ2n) is 5.35. The molecule has 22 heavy (non-hydrogen) atoms. The average molecular weight is 281 g/mol. The third-order valence-electron chi connectivity index (χ3n) is 4.07. The van der Waals surface area contributed by atoms with Gasteiger partial charge in [0.15, 0.2) is 0 Å². The van der Waals surface area contributed by atoms with E-state index in [1.807, 2.05) is 48.7 Å². The lowest BCUT2D eigenvalue weighted by Gasteiger charge is -2.09. The van der Waals surface area contributed by atoms with Crippen molar-refractivity contribution in [3.63, 3.8) is 0 Å². The van der Waals surface area contributed by atoms with Crippen LogP contribution < -0.4 is 0 Å². The molecule has 0 N–H and O–H groups in total. The van der Waals surface area contributed by atoms with Crippen molar-refractivity contribution >= 4 is 43.7 Å². The molecular formula is C19H11N3. The molecule has 0 saturated carbocycles. The molecule has 0 spiro atoms. The summed E-state index contributed by atoms with van der Waals surface area (Å²) in [7, 11) is 0. The number of aromatic nitrogens is 3. The molecule has 5 rings (SSSR count). The van der Waals surface area contributed by atoms with Crippen LogP contribution in [0.4, 0.5) is 0 Å². The summed E-state index contributed by atoms with van der Waals surface area (Å²) in [5.41, 5.74) is 4.67. The van der Waals surface area contributed by atoms with E-state index in [0.29, 0.717) is 0 Å². The van der Waals surface area contributed by atoms with E-state index in [1.165, 1.54) is 0 Å². The van der Waals surface area contributed by atoms with E-state index >= 15 is 0 Å². The molecule has 102 valence electrons. The Balaban J connectivity index is 2.17. The Morgan fingerprint density at radius 3 is 1.77 bits per heavy atom. The summed E-state index contributed by atoms with van der Waals surface area (Å²) in [6.07, 6.45) is 1.83. The maximum atomic E-state index is 4.87. The number of fused-ring (bicyclic) bond motifs is 7. The molecule has 3 nitrogen and oxygen atoms in total. The number of nitrogens with zero attached hydrogens (tertiary/aromatic N) is 3. The van der Waals surface area contributed by atoms with E-state index in [1.54, 1.807) is 0 Å². The molecule has 0 atom stereocenters. The lowest BCUT2D eigenvalue weighted by molar-refractivity contribution is 1.39. The Labute approximate surface area is 126 Å². The highest BCUT2D eigenvalue weighted by Crippen LogP contribution is 2.32. The molecule has 0 amide bonds. The molecule has 3 aromatic carbocycles. The second-order valence-corrected chi connectivity index (χ2v) is 5.35. The number of rotatable bonds is 0. The van der Waals surface area contributed by atoms with Crippen LogP contribution in [-0.4, -0.2) is 15.0 Å². The molecule has 2 aromatic heterocycles. The van der Waals surface area contributed by atoms with E-state index < -0.39 is 0 Å². The fraction of sp³-hybridized carbons (Fsp3) is 0. The van der Waals surface area contributed by atoms with Gasteiger partial charge in [0.25, 0.3) is 0 Å². The Morgan fingerprint density at radius 2 is 1.05 bits per heavy atom. The van der Waals surface area contributed by atoms with Crippen molar-refractivity contribution in [3.8, 4) is 0 Å². The number of pyridine rings is 1. The van der Waals surface area contributed by atoms with E-state index in [-0.39, 0.29) is 0 Å². The predicted molar refractivity (Wildman–Crippen MR) is 89.9 cm³/mol. The van der Waals surface area contributed by atoms with Gasteiger partial charge in [-0.15, -0.1) is 0 Å². The van der Waals surface area contributed by atoms with Gasteiger partial charge in [-0.05, 0) is 24.3 Å². The topological polar surface area (TPSA) is 38.7 Å². The Kier molecular flexibility index (Phi) is 2.22. The largest absolute Gasteiger partial charge is 0.256 e. The predicted octanol–water partition coefficient (Wildman–Crippen LogP) is 4.48. The van der Waals surface area contributed by atoms with Crippen molar-refractivity contribution in [1.82, 2.24) is 15.0 Å². The van der Waals surface area contributed by atoms with Crippen molar-refractivity contribution in [2.45, 2.75) is 0 Å². The van der Waals surface area contributed by atoms with E-state index in [9.17, 15) is 0 Å². The van der Waals surface area contributed by atoms with E-state index in [4.69, 9.17) is 9.97 Å². The Morgan fingerprint density at radius 1 is 0.500 bits per heavy atom. The van der Waals surface area contributed by atoms with Crippen LogP contribution in [0.2, 0.25) is 0 Å². The average Bonchev–Trinajstić information content (AvgIpc) is 2.61. The third-order valence-corrected chi connectivity index (χ3v) is 4.07. The monoisotopic (exact) mass is 281 g/mol. The first kappa shape index (κ1) is 11.6. The minimum Gasteiger partial charge on any atom is -0.256 e. The molecule has 0 bridgehead atoms. The maximum absolute atomic E-state index is 4.87. The lowest BCUT2D eigenvalue weighted by Crippen LogP contribution is -1.92. The van der Waals surface area contributed by atoms with Crippen LogP contribution >= 0.6 is 0 Å². The van der Waals surface area contributed by atoms with Crippen LogP contribution in [0.5, 0.6) is 0 Å². The zero-order valence-corrected chi connectivity index (χ0v) is 11.7. The summed E-state index contributed by atoms with van der Waals surface area (Å²) in [6, 6.07) is 20.3. The smallest absolute Gasteiger partial charge is 0.0995 e. The van der Waals surface area contributed by atoms with Crippen molar-refractivity contribution in [3.05, 3.63) is 66.9 Å². The number of para-hydroxylation sites is 2. The minimum atomic E-state index is 0.912. The van der Waals surface area contributed by atoms with Crippen LogP contribution in [0.1, 0.15) is 0 Å². The van der Waals surface area contributed by atoms with Gasteiger partial charge in [0.1, 0.15) is 0 Å². The number of benzene rings is 3. The summed E-state index contributed by atoms with van der Waals surface area (Å²) >= 11 is 0. The van der Waals surface area contributed by atoms with Crippen molar-refractivity contribution in [2.75, 3.05) is 0 Å². The fourth-order valence-corrected chi connectivity index (χ4v) is 3.08. The highest BCUT2D eigenvalue weighted by Gasteiger charge is 2.12. The Bertz CT molecular complexity index is 1080. The SMILES string of the molecule is c1ccc2nc3c4cccnc4c4ccccc4c3nc2c1. The van der Waals surface area contributed by atoms with Crippen LogP contribution in [0, 0.1) is 0 Å². The molecule has 0 unspecified atom stereocenters. The summed E-state index contributed by atoms with van der Waals surface area (Å²) in [5, 5.41) is 3.27. The molecular weight excluding hydrogens is 270 g/mol. The molecule has 0 fully saturated rings. The lowest BCUT2D eigenvalue weighted by atomic mass is 10.0. The van der Waals surface area contributed by atoms with Crippen LogP contribution in [0.25, 0.3) is 43.7 Å². The van der Waals surface area contributed by atoms with Crippen molar-refractivity contribution in [1.29, 1.82) is 0 Å². The first-order valence-corrected chi connectivity index (χ1v) is 7.24. The van der Waals surface area contributed by atoms with Gasteiger partial charge in [0.05, 0.1) is 27.6 Å². The normalized spacial score (nSPS) is 11.6. The van der Waals surface area contributed by atoms with Gasteiger partial charge in [-0.25, -0.2) is 9.97 Å². The Hall–Kier alpha value is -3.07.